The van der Waals surface area contributed by atoms with E-state index in [1.165, 1.54) is 25.5 Å². The molecule has 0 saturated carbocycles. The van der Waals surface area contributed by atoms with Crippen molar-refractivity contribution in [3.8, 4) is 0 Å². The molecule has 0 unspecified atom stereocenters. The van der Waals surface area contributed by atoms with E-state index in [0.717, 1.165) is 5.56 Å². The van der Waals surface area contributed by atoms with Gasteiger partial charge in [0.25, 0.3) is 5.91 Å². The molecule has 1 aromatic heterocycles. The molecule has 0 aliphatic carbocycles. The van der Waals surface area contributed by atoms with Crippen LogP contribution in [0.15, 0.2) is 34.9 Å². The normalized spacial score (nSPS) is 10.8. The van der Waals surface area contributed by atoms with Crippen molar-refractivity contribution in [2.24, 2.45) is 0 Å². The lowest BCUT2D eigenvalue weighted by molar-refractivity contribution is 0.0696. The van der Waals surface area contributed by atoms with E-state index >= 15 is 0 Å². The summed E-state index contributed by atoms with van der Waals surface area (Å²) in [6, 6.07) is 6.33. The maximum atomic E-state index is 12.4. The molecule has 122 valence electrons. The average Bonchev–Trinajstić information content (AvgIpc) is 2.97. The Labute approximate surface area is 134 Å². The average molecular weight is 317 g/mol. The highest BCUT2D eigenvalue weighted by atomic mass is 16.5. The van der Waals surface area contributed by atoms with E-state index in [1.807, 2.05) is 13.8 Å². The zero-order valence-electron chi connectivity index (χ0n) is 13.3. The number of methoxy groups -OCH3 is 1. The zero-order chi connectivity index (χ0) is 17.0. The second-order valence-corrected chi connectivity index (χ2v) is 5.47. The molecular formula is C17H19NO5. The molecule has 2 aromatic rings. The number of anilines is 1. The molecule has 0 atom stereocenters. The van der Waals surface area contributed by atoms with Crippen molar-refractivity contribution in [1.82, 2.24) is 0 Å². The van der Waals surface area contributed by atoms with Gasteiger partial charge in [0.05, 0.1) is 18.4 Å². The van der Waals surface area contributed by atoms with Crippen LogP contribution in [0.3, 0.4) is 0 Å². The van der Waals surface area contributed by atoms with Gasteiger partial charge in [0, 0.05) is 18.4 Å². The zero-order valence-corrected chi connectivity index (χ0v) is 13.3. The maximum absolute atomic E-state index is 12.4. The highest BCUT2D eigenvalue weighted by Crippen LogP contribution is 2.23. The molecule has 0 aliphatic rings. The quantitative estimate of drug-likeness (QED) is 0.851. The molecule has 2 N–H and O–H groups in total. The van der Waals surface area contributed by atoms with Crippen LogP contribution in [0, 0.1) is 0 Å². The lowest BCUT2D eigenvalue weighted by Gasteiger charge is -2.10. The van der Waals surface area contributed by atoms with E-state index in [2.05, 4.69) is 5.32 Å². The lowest BCUT2D eigenvalue weighted by Crippen LogP contribution is -2.14. The smallest absolute Gasteiger partial charge is 0.335 e. The lowest BCUT2D eigenvalue weighted by atomic mass is 10.0. The minimum atomic E-state index is -1.07. The molecule has 23 heavy (non-hydrogen) atoms. The van der Waals surface area contributed by atoms with Crippen LogP contribution in [-0.2, 0) is 11.3 Å². The Kier molecular flexibility index (Phi) is 5.18. The summed E-state index contributed by atoms with van der Waals surface area (Å²) in [5.41, 5.74) is 1.92. The number of aromatic carboxylic acids is 1. The Morgan fingerprint density at radius 1 is 1.30 bits per heavy atom. The summed E-state index contributed by atoms with van der Waals surface area (Å²) in [4.78, 5) is 23.6. The number of nitrogens with one attached hydrogen (secondary N) is 1. The van der Waals surface area contributed by atoms with Gasteiger partial charge in [-0.05, 0) is 35.7 Å². The fourth-order valence-electron chi connectivity index (χ4n) is 2.28. The van der Waals surface area contributed by atoms with E-state index in [9.17, 15) is 9.59 Å². The Hall–Kier alpha value is -2.60. The standard InChI is InChI=1S/C17H19NO5/c1-10(2)14-4-5-23-15(14)16(19)18-13-7-11(9-22-3)6-12(8-13)17(20)21/h4-8,10H,9H2,1-3H3,(H,18,19)(H,20,21). The van der Waals surface area contributed by atoms with Crippen LogP contribution in [0.2, 0.25) is 0 Å². The number of hydrogen-bond donors (Lipinski definition) is 2. The highest BCUT2D eigenvalue weighted by molar-refractivity contribution is 6.04. The number of furan rings is 1. The Balaban J connectivity index is 2.29. The minimum Gasteiger partial charge on any atom is -0.478 e. The molecule has 0 radical (unpaired) electrons. The third-order valence-corrected chi connectivity index (χ3v) is 3.33. The number of carboxylic acids is 1. The van der Waals surface area contributed by atoms with E-state index in [0.29, 0.717) is 11.3 Å². The molecule has 2 rings (SSSR count). The molecule has 1 amide bonds. The van der Waals surface area contributed by atoms with Gasteiger partial charge in [0.1, 0.15) is 0 Å². The molecule has 0 bridgehead atoms. The van der Waals surface area contributed by atoms with Crippen molar-refractivity contribution in [3.63, 3.8) is 0 Å². The number of carbonyl (C=O) groups is 2. The second kappa shape index (κ2) is 7.11. The molecular weight excluding hydrogens is 298 g/mol. The largest absolute Gasteiger partial charge is 0.478 e. The van der Waals surface area contributed by atoms with Gasteiger partial charge >= 0.3 is 5.97 Å². The molecule has 1 aromatic carbocycles. The highest BCUT2D eigenvalue weighted by Gasteiger charge is 2.18. The predicted octanol–water partition coefficient (Wildman–Crippen LogP) is 3.50. The third-order valence-electron chi connectivity index (χ3n) is 3.33. The van der Waals surface area contributed by atoms with E-state index in [-0.39, 0.29) is 23.8 Å². The number of ether oxygens (including phenoxy) is 1. The summed E-state index contributed by atoms with van der Waals surface area (Å²) in [6.45, 7) is 4.18. The second-order valence-electron chi connectivity index (χ2n) is 5.47. The Morgan fingerprint density at radius 2 is 2.04 bits per heavy atom. The maximum Gasteiger partial charge on any atom is 0.335 e. The summed E-state index contributed by atoms with van der Waals surface area (Å²) in [6.07, 6.45) is 1.47. The van der Waals surface area contributed by atoms with Crippen molar-refractivity contribution in [2.45, 2.75) is 26.4 Å². The van der Waals surface area contributed by atoms with Crippen LogP contribution in [0.4, 0.5) is 5.69 Å². The van der Waals surface area contributed by atoms with Crippen LogP contribution in [0.5, 0.6) is 0 Å². The number of rotatable bonds is 6. The molecule has 1 heterocycles. The van der Waals surface area contributed by atoms with Crippen LogP contribution >= 0.6 is 0 Å². The van der Waals surface area contributed by atoms with Crippen LogP contribution in [0.1, 0.15) is 51.8 Å². The summed E-state index contributed by atoms with van der Waals surface area (Å²) >= 11 is 0. The fraction of sp³-hybridized carbons (Fsp3) is 0.294. The van der Waals surface area contributed by atoms with Gasteiger partial charge in [-0.25, -0.2) is 4.79 Å². The molecule has 0 fully saturated rings. The summed E-state index contributed by atoms with van der Waals surface area (Å²) in [5.74, 6) is -1.11. The number of benzene rings is 1. The van der Waals surface area contributed by atoms with E-state index in [4.69, 9.17) is 14.3 Å². The molecule has 0 saturated heterocycles. The van der Waals surface area contributed by atoms with Crippen LogP contribution in [-0.4, -0.2) is 24.1 Å². The number of carboxylic acid groups (broad SMARTS) is 1. The van der Waals surface area contributed by atoms with Crippen LogP contribution in [0.25, 0.3) is 0 Å². The molecule has 0 spiro atoms. The fourth-order valence-corrected chi connectivity index (χ4v) is 2.28. The summed E-state index contributed by atoms with van der Waals surface area (Å²) in [7, 11) is 1.52. The van der Waals surface area contributed by atoms with E-state index in [1.54, 1.807) is 12.1 Å². The van der Waals surface area contributed by atoms with Gasteiger partial charge in [0.2, 0.25) is 0 Å². The van der Waals surface area contributed by atoms with Crippen LogP contribution < -0.4 is 5.32 Å². The van der Waals surface area contributed by atoms with Crippen molar-refractivity contribution in [2.75, 3.05) is 12.4 Å². The SMILES string of the molecule is COCc1cc(NC(=O)c2occc2C(C)C)cc(C(=O)O)c1. The molecule has 6 heteroatoms. The summed E-state index contributed by atoms with van der Waals surface area (Å²) in [5, 5.41) is 11.8. The number of hydrogen-bond acceptors (Lipinski definition) is 4. The van der Waals surface area contributed by atoms with Gasteiger partial charge in [0.15, 0.2) is 5.76 Å². The first-order valence-electron chi connectivity index (χ1n) is 7.17. The predicted molar refractivity (Wildman–Crippen MR) is 84.9 cm³/mol. The number of carbonyl (C=O) groups excluding carboxylic acids is 1. The van der Waals surface area contributed by atoms with Gasteiger partial charge in [-0.3, -0.25) is 4.79 Å². The first-order valence-corrected chi connectivity index (χ1v) is 7.17. The summed E-state index contributed by atoms with van der Waals surface area (Å²) < 4.78 is 10.3. The molecule has 6 nitrogen and oxygen atoms in total. The third kappa shape index (κ3) is 3.98. The monoisotopic (exact) mass is 317 g/mol. The molecule has 0 aliphatic heterocycles. The van der Waals surface area contributed by atoms with E-state index < -0.39 is 11.9 Å². The van der Waals surface area contributed by atoms with Gasteiger partial charge in [-0.15, -0.1) is 0 Å². The van der Waals surface area contributed by atoms with Gasteiger partial charge in [-0.1, -0.05) is 13.8 Å². The van der Waals surface area contributed by atoms with Crippen molar-refractivity contribution < 1.29 is 23.8 Å². The minimum absolute atomic E-state index is 0.0818. The van der Waals surface area contributed by atoms with Crippen molar-refractivity contribution >= 4 is 17.6 Å². The first-order chi connectivity index (χ1) is 10.9. The van der Waals surface area contributed by atoms with Gasteiger partial charge < -0.3 is 19.6 Å². The topological polar surface area (TPSA) is 88.8 Å². The first kappa shape index (κ1) is 16.8. The Morgan fingerprint density at radius 3 is 2.65 bits per heavy atom. The van der Waals surface area contributed by atoms with Gasteiger partial charge in [-0.2, -0.15) is 0 Å². The Bertz CT molecular complexity index is 718. The van der Waals surface area contributed by atoms with Crippen molar-refractivity contribution in [3.05, 3.63) is 53.0 Å². The van der Waals surface area contributed by atoms with Crippen molar-refractivity contribution in [1.29, 1.82) is 0 Å². The number of amides is 1.